The van der Waals surface area contributed by atoms with E-state index in [1.54, 1.807) is 6.92 Å². The van der Waals surface area contributed by atoms with Gasteiger partial charge in [0, 0.05) is 24.6 Å². The fourth-order valence-electron chi connectivity index (χ4n) is 2.93. The van der Waals surface area contributed by atoms with Gasteiger partial charge in [0.05, 0.1) is 4.47 Å². The molecule has 0 amide bonds. The molecular weight excluding hydrogens is 340 g/mol. The molecule has 0 radical (unpaired) electrons. The highest BCUT2D eigenvalue weighted by Gasteiger charge is 2.25. The summed E-state index contributed by atoms with van der Waals surface area (Å²) in [6.07, 6.45) is 4.55. The molecule has 0 N–H and O–H groups in total. The normalized spacial score (nSPS) is 20.3. The molecule has 1 aliphatic heterocycles. The molecule has 1 aromatic carbocycles. The standard InChI is InChI=1S/C16H20BrF2NO/c1-11(21)9-12-5-3-2-4-8-20(12)10-13-15(18)7-6-14(17)16(13)19/h6-7,12H,2-5,8-10H2,1H3. The van der Waals surface area contributed by atoms with Crippen LogP contribution in [0.5, 0.6) is 0 Å². The van der Waals surface area contributed by atoms with Gasteiger partial charge in [0.15, 0.2) is 0 Å². The molecule has 0 aromatic heterocycles. The van der Waals surface area contributed by atoms with Gasteiger partial charge in [-0.25, -0.2) is 8.78 Å². The first-order valence-corrected chi connectivity index (χ1v) is 8.14. The Labute approximate surface area is 132 Å². The average molecular weight is 360 g/mol. The van der Waals surface area contributed by atoms with Crippen LogP contribution >= 0.6 is 15.9 Å². The zero-order chi connectivity index (χ0) is 15.4. The summed E-state index contributed by atoms with van der Waals surface area (Å²) in [5.74, 6) is -0.940. The van der Waals surface area contributed by atoms with E-state index in [2.05, 4.69) is 20.8 Å². The van der Waals surface area contributed by atoms with E-state index in [4.69, 9.17) is 0 Å². The summed E-state index contributed by atoms with van der Waals surface area (Å²) in [5.41, 5.74) is 0.0832. The molecule has 1 saturated heterocycles. The molecule has 2 rings (SSSR count). The fourth-order valence-corrected chi connectivity index (χ4v) is 3.30. The van der Waals surface area contributed by atoms with E-state index < -0.39 is 11.6 Å². The van der Waals surface area contributed by atoms with E-state index in [1.165, 1.54) is 12.1 Å². The van der Waals surface area contributed by atoms with Crippen LogP contribution in [-0.2, 0) is 11.3 Å². The molecule has 1 aliphatic rings. The van der Waals surface area contributed by atoms with E-state index in [-0.39, 0.29) is 28.4 Å². The third-order valence-corrected chi connectivity index (χ3v) is 4.63. The van der Waals surface area contributed by atoms with Crippen molar-refractivity contribution < 1.29 is 13.6 Å². The highest BCUT2D eigenvalue weighted by molar-refractivity contribution is 9.10. The van der Waals surface area contributed by atoms with Crippen molar-refractivity contribution in [3.8, 4) is 0 Å². The number of halogens is 3. The van der Waals surface area contributed by atoms with Gasteiger partial charge in [-0.15, -0.1) is 0 Å². The van der Waals surface area contributed by atoms with Crippen molar-refractivity contribution in [3.05, 3.63) is 33.8 Å². The van der Waals surface area contributed by atoms with Gasteiger partial charge in [0.1, 0.15) is 17.4 Å². The van der Waals surface area contributed by atoms with Crippen LogP contribution in [0.3, 0.4) is 0 Å². The maximum Gasteiger partial charge on any atom is 0.144 e. The SMILES string of the molecule is CC(=O)CC1CCCCCN1Cc1c(F)ccc(Br)c1F. The minimum absolute atomic E-state index is 0.0832. The number of carbonyl (C=O) groups excluding carboxylic acids is 1. The number of likely N-dealkylation sites (tertiary alicyclic amines) is 1. The highest BCUT2D eigenvalue weighted by atomic mass is 79.9. The molecule has 21 heavy (non-hydrogen) atoms. The first-order valence-electron chi connectivity index (χ1n) is 7.35. The largest absolute Gasteiger partial charge is 0.300 e. The van der Waals surface area contributed by atoms with Crippen molar-refractivity contribution in [1.82, 2.24) is 4.90 Å². The Bertz CT molecular complexity index is 521. The van der Waals surface area contributed by atoms with Crippen molar-refractivity contribution in [2.45, 2.75) is 51.6 Å². The maximum absolute atomic E-state index is 14.1. The van der Waals surface area contributed by atoms with E-state index in [9.17, 15) is 13.6 Å². The van der Waals surface area contributed by atoms with Crippen molar-refractivity contribution >= 4 is 21.7 Å². The summed E-state index contributed by atoms with van der Waals surface area (Å²) in [7, 11) is 0. The van der Waals surface area contributed by atoms with Crippen LogP contribution in [0.15, 0.2) is 16.6 Å². The monoisotopic (exact) mass is 359 g/mol. The van der Waals surface area contributed by atoms with Crippen LogP contribution in [0.4, 0.5) is 8.78 Å². The van der Waals surface area contributed by atoms with Crippen LogP contribution in [0, 0.1) is 11.6 Å². The zero-order valence-corrected chi connectivity index (χ0v) is 13.8. The molecule has 0 saturated carbocycles. The van der Waals surface area contributed by atoms with Gasteiger partial charge in [-0.1, -0.05) is 12.8 Å². The van der Waals surface area contributed by atoms with Crippen molar-refractivity contribution in [2.24, 2.45) is 0 Å². The lowest BCUT2D eigenvalue weighted by molar-refractivity contribution is -0.118. The first-order chi connectivity index (χ1) is 9.99. The fraction of sp³-hybridized carbons (Fsp3) is 0.562. The third-order valence-electron chi connectivity index (χ3n) is 4.02. The number of Topliss-reactive ketones (excluding diaryl/α,β-unsaturated/α-hetero) is 1. The second kappa shape index (κ2) is 7.45. The van der Waals surface area contributed by atoms with Crippen LogP contribution < -0.4 is 0 Å². The molecule has 1 atom stereocenters. The van der Waals surface area contributed by atoms with Gasteiger partial charge in [-0.05, 0) is 54.4 Å². The van der Waals surface area contributed by atoms with Gasteiger partial charge in [0.25, 0.3) is 0 Å². The molecule has 1 fully saturated rings. The highest BCUT2D eigenvalue weighted by Crippen LogP contribution is 2.26. The third kappa shape index (κ3) is 4.33. The minimum atomic E-state index is -0.541. The topological polar surface area (TPSA) is 20.3 Å². The quantitative estimate of drug-likeness (QED) is 0.740. The molecule has 0 aliphatic carbocycles. The number of benzene rings is 1. The summed E-state index contributed by atoms with van der Waals surface area (Å²) < 4.78 is 28.3. The van der Waals surface area contributed by atoms with Crippen LogP contribution in [-0.4, -0.2) is 23.3 Å². The van der Waals surface area contributed by atoms with Crippen molar-refractivity contribution in [2.75, 3.05) is 6.54 Å². The number of ketones is 1. The molecule has 2 nitrogen and oxygen atoms in total. The number of hydrogen-bond acceptors (Lipinski definition) is 2. The molecular formula is C16H20BrF2NO. The van der Waals surface area contributed by atoms with Gasteiger partial charge >= 0.3 is 0 Å². The molecule has 5 heteroatoms. The minimum Gasteiger partial charge on any atom is -0.300 e. The number of carbonyl (C=O) groups is 1. The van der Waals surface area contributed by atoms with Crippen molar-refractivity contribution in [3.63, 3.8) is 0 Å². The Morgan fingerprint density at radius 1 is 1.33 bits per heavy atom. The van der Waals surface area contributed by atoms with Crippen LogP contribution in [0.25, 0.3) is 0 Å². The predicted octanol–water partition coefficient (Wildman–Crippen LogP) is 4.45. The van der Waals surface area contributed by atoms with Gasteiger partial charge in [-0.3, -0.25) is 9.69 Å². The van der Waals surface area contributed by atoms with E-state index in [1.807, 2.05) is 0 Å². The number of rotatable bonds is 4. The number of hydrogen-bond donors (Lipinski definition) is 0. The molecule has 116 valence electrons. The second-order valence-electron chi connectivity index (χ2n) is 5.70. The zero-order valence-electron chi connectivity index (χ0n) is 12.2. The van der Waals surface area contributed by atoms with E-state index >= 15 is 0 Å². The lowest BCUT2D eigenvalue weighted by atomic mass is 10.0. The maximum atomic E-state index is 14.1. The second-order valence-corrected chi connectivity index (χ2v) is 6.56. The molecule has 1 aromatic rings. The van der Waals surface area contributed by atoms with Gasteiger partial charge in [-0.2, -0.15) is 0 Å². The average Bonchev–Trinajstić information content (AvgIpc) is 2.64. The van der Waals surface area contributed by atoms with E-state index in [0.29, 0.717) is 6.42 Å². The summed E-state index contributed by atoms with van der Waals surface area (Å²) in [6, 6.07) is 2.74. The molecule has 1 heterocycles. The molecule has 0 bridgehead atoms. The lowest BCUT2D eigenvalue weighted by Crippen LogP contribution is -2.36. The summed E-state index contributed by atoms with van der Waals surface area (Å²) >= 11 is 3.10. The predicted molar refractivity (Wildman–Crippen MR) is 82.0 cm³/mol. The molecule has 1 unspecified atom stereocenters. The van der Waals surface area contributed by atoms with Gasteiger partial charge in [0.2, 0.25) is 0 Å². The van der Waals surface area contributed by atoms with Crippen LogP contribution in [0.2, 0.25) is 0 Å². The Balaban J connectivity index is 2.22. The Morgan fingerprint density at radius 2 is 2.10 bits per heavy atom. The number of nitrogens with zero attached hydrogens (tertiary/aromatic N) is 1. The summed E-state index contributed by atoms with van der Waals surface area (Å²) in [5, 5.41) is 0. The van der Waals surface area contributed by atoms with Crippen LogP contribution in [0.1, 0.15) is 44.6 Å². The summed E-state index contributed by atoms with van der Waals surface area (Å²) in [6.45, 7) is 2.57. The Morgan fingerprint density at radius 3 is 2.81 bits per heavy atom. The van der Waals surface area contributed by atoms with E-state index in [0.717, 1.165) is 32.2 Å². The summed E-state index contributed by atoms with van der Waals surface area (Å²) in [4.78, 5) is 13.5. The van der Waals surface area contributed by atoms with Gasteiger partial charge < -0.3 is 0 Å². The lowest BCUT2D eigenvalue weighted by Gasteiger charge is -2.29. The Hall–Kier alpha value is -0.810. The smallest absolute Gasteiger partial charge is 0.144 e. The Kier molecular flexibility index (Phi) is 5.88. The van der Waals surface area contributed by atoms with Crippen molar-refractivity contribution in [1.29, 1.82) is 0 Å². The molecule has 0 spiro atoms. The first kappa shape index (κ1) is 16.6.